The Hall–Kier alpha value is -0.0800. The zero-order valence-corrected chi connectivity index (χ0v) is 12.1. The second-order valence-electron chi connectivity index (χ2n) is 5.78. The van der Waals surface area contributed by atoms with Crippen molar-refractivity contribution < 1.29 is 0 Å². The van der Waals surface area contributed by atoms with Gasteiger partial charge in [0.2, 0.25) is 0 Å². The molecule has 1 atom stereocenters. The van der Waals surface area contributed by atoms with E-state index in [2.05, 4.69) is 13.8 Å². The first-order chi connectivity index (χ1) is 8.18. The van der Waals surface area contributed by atoms with Crippen LogP contribution in [0.25, 0.3) is 0 Å². The Bertz CT molecular complexity index is 159. The molecule has 0 rings (SSSR count). The molecule has 0 heterocycles. The molecule has 0 saturated heterocycles. The van der Waals surface area contributed by atoms with Gasteiger partial charge in [0, 0.05) is 0 Å². The van der Waals surface area contributed by atoms with Gasteiger partial charge in [-0.2, -0.15) is 0 Å². The second kappa shape index (κ2) is 11.0. The van der Waals surface area contributed by atoms with E-state index in [1.54, 1.807) is 0 Å². The molecule has 0 aliphatic carbocycles. The second-order valence-corrected chi connectivity index (χ2v) is 5.78. The van der Waals surface area contributed by atoms with Crippen molar-refractivity contribution >= 4 is 0 Å². The molecule has 104 valence electrons. The van der Waals surface area contributed by atoms with E-state index in [-0.39, 0.29) is 0 Å². The van der Waals surface area contributed by atoms with Crippen LogP contribution in [-0.2, 0) is 0 Å². The summed E-state index contributed by atoms with van der Waals surface area (Å²) in [5.74, 6) is 0. The van der Waals surface area contributed by atoms with E-state index in [9.17, 15) is 0 Å². The van der Waals surface area contributed by atoms with Crippen molar-refractivity contribution in [2.75, 3.05) is 13.1 Å². The fourth-order valence-corrected chi connectivity index (χ4v) is 2.37. The first-order valence-electron chi connectivity index (χ1n) is 7.58. The number of unbranched alkanes of at least 4 members (excludes halogenated alkanes) is 6. The average Bonchev–Trinajstić information content (AvgIpc) is 2.35. The molecule has 0 spiro atoms. The lowest BCUT2D eigenvalue weighted by Gasteiger charge is -2.27. The number of nitrogens with two attached hydrogens (primary N) is 2. The maximum atomic E-state index is 5.89. The van der Waals surface area contributed by atoms with Crippen LogP contribution in [0.5, 0.6) is 0 Å². The minimum atomic E-state index is 0.336. The largest absolute Gasteiger partial charge is 0.330 e. The van der Waals surface area contributed by atoms with Crippen LogP contribution in [0.4, 0.5) is 0 Å². The first-order valence-corrected chi connectivity index (χ1v) is 7.58. The molecule has 1 unspecified atom stereocenters. The van der Waals surface area contributed by atoms with Gasteiger partial charge < -0.3 is 11.5 Å². The summed E-state index contributed by atoms with van der Waals surface area (Å²) >= 11 is 0. The third-order valence-corrected chi connectivity index (χ3v) is 3.86. The molecule has 2 heteroatoms. The summed E-state index contributed by atoms with van der Waals surface area (Å²) in [4.78, 5) is 0. The van der Waals surface area contributed by atoms with Crippen LogP contribution >= 0.6 is 0 Å². The smallest absolute Gasteiger partial charge is 0.00232 e. The third-order valence-electron chi connectivity index (χ3n) is 3.86. The molecule has 0 aromatic rings. The topological polar surface area (TPSA) is 52.0 Å². The molecule has 17 heavy (non-hydrogen) atoms. The molecule has 0 aliphatic rings. The average molecular weight is 242 g/mol. The number of hydrogen-bond acceptors (Lipinski definition) is 2. The summed E-state index contributed by atoms with van der Waals surface area (Å²) in [6, 6.07) is 0. The molecule has 4 N–H and O–H groups in total. The Morgan fingerprint density at radius 3 is 1.82 bits per heavy atom. The summed E-state index contributed by atoms with van der Waals surface area (Å²) < 4.78 is 0. The SMILES string of the molecule is CCCCCCCCCC(C)(CN)CCCN. The highest BCUT2D eigenvalue weighted by Gasteiger charge is 2.20. The third kappa shape index (κ3) is 9.61. The lowest BCUT2D eigenvalue weighted by Crippen LogP contribution is -2.28. The van der Waals surface area contributed by atoms with E-state index >= 15 is 0 Å². The van der Waals surface area contributed by atoms with Crippen LogP contribution in [-0.4, -0.2) is 13.1 Å². The Morgan fingerprint density at radius 1 is 0.765 bits per heavy atom. The van der Waals surface area contributed by atoms with Gasteiger partial charge in [-0.1, -0.05) is 58.8 Å². The van der Waals surface area contributed by atoms with Crippen molar-refractivity contribution in [2.24, 2.45) is 16.9 Å². The van der Waals surface area contributed by atoms with Gasteiger partial charge in [0.15, 0.2) is 0 Å². The molecule has 0 fully saturated rings. The summed E-state index contributed by atoms with van der Waals surface area (Å²) in [6.07, 6.45) is 13.3. The summed E-state index contributed by atoms with van der Waals surface area (Å²) in [5.41, 5.74) is 11.8. The fraction of sp³-hybridized carbons (Fsp3) is 1.00. The zero-order chi connectivity index (χ0) is 13.0. The van der Waals surface area contributed by atoms with E-state index < -0.39 is 0 Å². The molecular weight excluding hydrogens is 208 g/mol. The van der Waals surface area contributed by atoms with Gasteiger partial charge in [-0.15, -0.1) is 0 Å². The van der Waals surface area contributed by atoms with Gasteiger partial charge >= 0.3 is 0 Å². The van der Waals surface area contributed by atoms with Crippen molar-refractivity contribution in [3.05, 3.63) is 0 Å². The van der Waals surface area contributed by atoms with E-state index in [0.29, 0.717) is 5.41 Å². The van der Waals surface area contributed by atoms with E-state index in [0.717, 1.165) is 19.5 Å². The fourth-order valence-electron chi connectivity index (χ4n) is 2.37. The van der Waals surface area contributed by atoms with Crippen LogP contribution in [0, 0.1) is 5.41 Å². The first kappa shape index (κ1) is 16.9. The highest BCUT2D eigenvalue weighted by atomic mass is 14.6. The zero-order valence-electron chi connectivity index (χ0n) is 12.1. The minimum Gasteiger partial charge on any atom is -0.330 e. The summed E-state index contributed by atoms with van der Waals surface area (Å²) in [7, 11) is 0. The normalized spacial score (nSPS) is 14.8. The van der Waals surface area contributed by atoms with Crippen LogP contribution in [0.3, 0.4) is 0 Å². The highest BCUT2D eigenvalue weighted by Crippen LogP contribution is 2.28. The van der Waals surface area contributed by atoms with Crippen molar-refractivity contribution in [1.82, 2.24) is 0 Å². The van der Waals surface area contributed by atoms with Gasteiger partial charge in [0.05, 0.1) is 0 Å². The standard InChI is InChI=1S/C15H34N2/c1-3-4-5-6-7-8-9-11-15(2,14-17)12-10-13-16/h3-14,16-17H2,1-2H3. The summed E-state index contributed by atoms with van der Waals surface area (Å²) in [6.45, 7) is 6.19. The molecule has 0 aliphatic heterocycles. The highest BCUT2D eigenvalue weighted by molar-refractivity contribution is 4.75. The van der Waals surface area contributed by atoms with Crippen LogP contribution in [0.2, 0.25) is 0 Å². The lowest BCUT2D eigenvalue weighted by atomic mass is 9.80. The molecule has 0 saturated carbocycles. The molecule has 0 amide bonds. The Balaban J connectivity index is 3.48. The molecule has 2 nitrogen and oxygen atoms in total. The predicted molar refractivity (Wildman–Crippen MR) is 78.1 cm³/mol. The predicted octanol–water partition coefficient (Wildman–Crippen LogP) is 3.83. The van der Waals surface area contributed by atoms with Gasteiger partial charge in [-0.3, -0.25) is 0 Å². The molecule has 0 aromatic heterocycles. The molecular formula is C15H34N2. The maximum Gasteiger partial charge on any atom is -0.00232 e. The van der Waals surface area contributed by atoms with E-state index in [4.69, 9.17) is 11.5 Å². The number of hydrogen-bond donors (Lipinski definition) is 2. The van der Waals surface area contributed by atoms with E-state index in [1.807, 2.05) is 0 Å². The minimum absolute atomic E-state index is 0.336. The Labute approximate surface area is 109 Å². The van der Waals surface area contributed by atoms with Crippen LogP contribution in [0.15, 0.2) is 0 Å². The van der Waals surface area contributed by atoms with Gasteiger partial charge in [0.1, 0.15) is 0 Å². The monoisotopic (exact) mass is 242 g/mol. The van der Waals surface area contributed by atoms with Crippen molar-refractivity contribution in [1.29, 1.82) is 0 Å². The van der Waals surface area contributed by atoms with Crippen LogP contribution < -0.4 is 11.5 Å². The van der Waals surface area contributed by atoms with Crippen LogP contribution in [0.1, 0.15) is 78.1 Å². The summed E-state index contributed by atoms with van der Waals surface area (Å²) in [5, 5.41) is 0. The molecule has 0 bridgehead atoms. The maximum absolute atomic E-state index is 5.89. The Morgan fingerprint density at radius 2 is 1.29 bits per heavy atom. The van der Waals surface area contributed by atoms with Crippen molar-refractivity contribution in [2.45, 2.75) is 78.1 Å². The van der Waals surface area contributed by atoms with E-state index in [1.165, 1.54) is 57.8 Å². The van der Waals surface area contributed by atoms with Gasteiger partial charge in [-0.25, -0.2) is 0 Å². The van der Waals surface area contributed by atoms with Crippen molar-refractivity contribution in [3.8, 4) is 0 Å². The number of rotatable bonds is 12. The van der Waals surface area contributed by atoms with Gasteiger partial charge in [-0.05, 0) is 37.8 Å². The Kier molecular flexibility index (Phi) is 11.0. The molecule has 0 aromatic carbocycles. The molecule has 0 radical (unpaired) electrons. The van der Waals surface area contributed by atoms with Crippen molar-refractivity contribution in [3.63, 3.8) is 0 Å². The quantitative estimate of drug-likeness (QED) is 0.511. The lowest BCUT2D eigenvalue weighted by molar-refractivity contribution is 0.266. The van der Waals surface area contributed by atoms with Gasteiger partial charge in [0.25, 0.3) is 0 Å².